The highest BCUT2D eigenvalue weighted by atomic mass is 32.2. The maximum absolute atomic E-state index is 11.9. The number of anilines is 1. The van der Waals surface area contributed by atoms with Gasteiger partial charge < -0.3 is 10.6 Å². The van der Waals surface area contributed by atoms with E-state index in [0.29, 0.717) is 0 Å². The molecule has 0 unspecified atom stereocenters. The number of nitrogens with zero attached hydrogens (tertiary/aromatic N) is 2. The van der Waals surface area contributed by atoms with Crippen molar-refractivity contribution in [3.8, 4) is 0 Å². The van der Waals surface area contributed by atoms with Gasteiger partial charge in [-0.1, -0.05) is 0 Å². The Morgan fingerprint density at radius 2 is 2.18 bits per heavy atom. The molecule has 0 aromatic carbocycles. The molecule has 17 heavy (non-hydrogen) atoms. The van der Waals surface area contributed by atoms with Crippen LogP contribution in [-0.2, 0) is 9.84 Å². The van der Waals surface area contributed by atoms with Crippen molar-refractivity contribution in [2.24, 2.45) is 0 Å². The predicted molar refractivity (Wildman–Crippen MR) is 65.3 cm³/mol. The zero-order valence-corrected chi connectivity index (χ0v) is 10.6. The maximum atomic E-state index is 11.9. The van der Waals surface area contributed by atoms with Crippen LogP contribution in [0.15, 0.2) is 18.3 Å². The minimum atomic E-state index is -3.09. The molecule has 1 aromatic rings. The molecule has 1 aromatic heterocycles. The molecule has 0 atom stereocenters. The highest BCUT2D eigenvalue weighted by Gasteiger charge is 2.16. The molecular weight excluding hydrogens is 242 g/mol. The number of hydrogen-bond acceptors (Lipinski definition) is 5. The van der Waals surface area contributed by atoms with Crippen molar-refractivity contribution in [1.82, 2.24) is 9.88 Å². The van der Waals surface area contributed by atoms with Gasteiger partial charge >= 0.3 is 0 Å². The van der Waals surface area contributed by atoms with Crippen LogP contribution in [0.5, 0.6) is 0 Å². The molecule has 7 heteroatoms. The molecule has 6 nitrogen and oxygen atoms in total. The Balaban J connectivity index is 2.74. The van der Waals surface area contributed by atoms with Gasteiger partial charge in [0.25, 0.3) is 5.91 Å². The lowest BCUT2D eigenvalue weighted by Gasteiger charge is -2.17. The smallest absolute Gasteiger partial charge is 0.257 e. The van der Waals surface area contributed by atoms with Crippen LogP contribution in [0.25, 0.3) is 0 Å². The van der Waals surface area contributed by atoms with Gasteiger partial charge in [-0.3, -0.25) is 4.79 Å². The minimum absolute atomic E-state index is 0.0740. The van der Waals surface area contributed by atoms with Gasteiger partial charge in [-0.15, -0.1) is 0 Å². The summed E-state index contributed by atoms with van der Waals surface area (Å²) >= 11 is 0. The molecular formula is C10H15N3O3S. The lowest BCUT2D eigenvalue weighted by Crippen LogP contribution is -2.32. The molecule has 0 saturated heterocycles. The maximum Gasteiger partial charge on any atom is 0.257 e. The second kappa shape index (κ2) is 5.13. The van der Waals surface area contributed by atoms with Crippen LogP contribution in [0.3, 0.4) is 0 Å². The van der Waals surface area contributed by atoms with Gasteiger partial charge in [0.1, 0.15) is 15.7 Å². The van der Waals surface area contributed by atoms with E-state index in [1.807, 2.05) is 0 Å². The van der Waals surface area contributed by atoms with E-state index in [0.717, 1.165) is 6.26 Å². The zero-order chi connectivity index (χ0) is 13.1. The van der Waals surface area contributed by atoms with Crippen LogP contribution in [0.4, 0.5) is 5.82 Å². The fraction of sp³-hybridized carbons (Fsp3) is 0.400. The molecule has 0 spiro atoms. The fourth-order valence-corrected chi connectivity index (χ4v) is 1.81. The third kappa shape index (κ3) is 4.03. The predicted octanol–water partition coefficient (Wildman–Crippen LogP) is -0.220. The summed E-state index contributed by atoms with van der Waals surface area (Å²) in [7, 11) is -1.56. The van der Waals surface area contributed by atoms with E-state index in [9.17, 15) is 13.2 Å². The summed E-state index contributed by atoms with van der Waals surface area (Å²) in [6, 6.07) is 3.16. The van der Waals surface area contributed by atoms with Crippen LogP contribution in [0.2, 0.25) is 0 Å². The Morgan fingerprint density at radius 3 is 2.71 bits per heavy atom. The van der Waals surface area contributed by atoms with Gasteiger partial charge in [0.15, 0.2) is 0 Å². The summed E-state index contributed by atoms with van der Waals surface area (Å²) in [6.07, 6.45) is 2.62. The number of hydrogen-bond donors (Lipinski definition) is 1. The molecule has 0 aliphatic heterocycles. The van der Waals surface area contributed by atoms with Crippen molar-refractivity contribution < 1.29 is 13.2 Å². The molecule has 0 fully saturated rings. The van der Waals surface area contributed by atoms with Crippen LogP contribution >= 0.6 is 0 Å². The molecule has 1 rings (SSSR count). The first-order valence-electron chi connectivity index (χ1n) is 4.95. The lowest BCUT2D eigenvalue weighted by atomic mass is 10.2. The van der Waals surface area contributed by atoms with Crippen molar-refractivity contribution in [3.05, 3.63) is 23.9 Å². The van der Waals surface area contributed by atoms with Crippen molar-refractivity contribution >= 4 is 21.6 Å². The van der Waals surface area contributed by atoms with Crippen molar-refractivity contribution in [2.75, 3.05) is 31.3 Å². The first-order chi connectivity index (χ1) is 7.81. The number of amides is 1. The molecule has 1 heterocycles. The Kier molecular flexibility index (Phi) is 4.06. The largest absolute Gasteiger partial charge is 0.383 e. The summed E-state index contributed by atoms with van der Waals surface area (Å²) in [5.41, 5.74) is 5.85. The number of carbonyl (C=O) groups is 1. The van der Waals surface area contributed by atoms with Crippen molar-refractivity contribution in [2.45, 2.75) is 0 Å². The van der Waals surface area contributed by atoms with Crippen molar-refractivity contribution in [3.63, 3.8) is 0 Å². The highest BCUT2D eigenvalue weighted by Crippen LogP contribution is 2.09. The SMILES string of the molecule is CN(CCS(C)(=O)=O)C(=O)c1cccnc1N. The molecule has 0 saturated carbocycles. The average Bonchev–Trinajstić information content (AvgIpc) is 2.24. The van der Waals surface area contributed by atoms with Crippen molar-refractivity contribution in [1.29, 1.82) is 0 Å². The van der Waals surface area contributed by atoms with E-state index in [-0.39, 0.29) is 29.6 Å². The van der Waals surface area contributed by atoms with Crippen LogP contribution in [0.1, 0.15) is 10.4 Å². The molecule has 1 amide bonds. The number of rotatable bonds is 4. The van der Waals surface area contributed by atoms with E-state index in [2.05, 4.69) is 4.98 Å². The Morgan fingerprint density at radius 1 is 1.53 bits per heavy atom. The highest BCUT2D eigenvalue weighted by molar-refractivity contribution is 7.90. The molecule has 0 bridgehead atoms. The Bertz CT molecular complexity index is 513. The Hall–Kier alpha value is -1.63. The topological polar surface area (TPSA) is 93.4 Å². The van der Waals surface area contributed by atoms with E-state index in [4.69, 9.17) is 5.73 Å². The standard InChI is InChI=1S/C10H15N3O3S/c1-13(6-7-17(2,15)16)10(14)8-4-3-5-12-9(8)11/h3-5H,6-7H2,1-2H3,(H2,11,12). The van der Waals surface area contributed by atoms with Gasteiger partial charge in [-0.05, 0) is 12.1 Å². The fourth-order valence-electron chi connectivity index (χ4n) is 1.21. The number of aromatic nitrogens is 1. The molecule has 2 N–H and O–H groups in total. The van der Waals surface area contributed by atoms with Crippen LogP contribution in [-0.4, -0.2) is 49.8 Å². The second-order valence-corrected chi connectivity index (χ2v) is 6.05. The first-order valence-corrected chi connectivity index (χ1v) is 7.01. The van der Waals surface area contributed by atoms with Gasteiger partial charge in [0.05, 0.1) is 11.3 Å². The summed E-state index contributed by atoms with van der Waals surface area (Å²) in [4.78, 5) is 17.0. The van der Waals surface area contributed by atoms with E-state index in [1.54, 1.807) is 12.1 Å². The minimum Gasteiger partial charge on any atom is -0.383 e. The van der Waals surface area contributed by atoms with Gasteiger partial charge in [-0.2, -0.15) is 0 Å². The van der Waals surface area contributed by atoms with E-state index in [1.165, 1.54) is 18.1 Å². The summed E-state index contributed by atoms with van der Waals surface area (Å²) in [5, 5.41) is 0. The average molecular weight is 257 g/mol. The number of carbonyl (C=O) groups excluding carboxylic acids is 1. The zero-order valence-electron chi connectivity index (χ0n) is 9.75. The Labute approximate surface area is 100 Å². The van der Waals surface area contributed by atoms with E-state index >= 15 is 0 Å². The third-order valence-electron chi connectivity index (χ3n) is 2.21. The number of sulfone groups is 1. The van der Waals surface area contributed by atoms with Gasteiger partial charge in [-0.25, -0.2) is 13.4 Å². The molecule has 0 aliphatic rings. The molecule has 0 radical (unpaired) electrons. The molecule has 94 valence electrons. The third-order valence-corrected chi connectivity index (χ3v) is 3.14. The quantitative estimate of drug-likeness (QED) is 0.805. The monoisotopic (exact) mass is 257 g/mol. The summed E-state index contributed by atoms with van der Waals surface area (Å²) in [5.74, 6) is -0.266. The van der Waals surface area contributed by atoms with Gasteiger partial charge in [0.2, 0.25) is 0 Å². The van der Waals surface area contributed by atoms with Crippen LogP contribution < -0.4 is 5.73 Å². The molecule has 0 aliphatic carbocycles. The van der Waals surface area contributed by atoms with E-state index < -0.39 is 9.84 Å². The number of nitrogen functional groups attached to an aromatic ring is 1. The number of pyridine rings is 1. The lowest BCUT2D eigenvalue weighted by molar-refractivity contribution is 0.0804. The normalized spacial score (nSPS) is 11.2. The van der Waals surface area contributed by atoms with Gasteiger partial charge in [0, 0.05) is 26.0 Å². The first kappa shape index (κ1) is 13.4. The summed E-state index contributed by atoms with van der Waals surface area (Å²) < 4.78 is 22.0. The second-order valence-electron chi connectivity index (χ2n) is 3.79. The summed E-state index contributed by atoms with van der Waals surface area (Å²) in [6.45, 7) is 0.131. The number of nitrogens with two attached hydrogens (primary N) is 1. The van der Waals surface area contributed by atoms with Crippen LogP contribution in [0, 0.1) is 0 Å².